The number of benzene rings is 4. The van der Waals surface area contributed by atoms with Gasteiger partial charge in [-0.05, 0) is 58.7 Å². The van der Waals surface area contributed by atoms with Crippen molar-refractivity contribution in [3.05, 3.63) is 123 Å². The van der Waals surface area contributed by atoms with Gasteiger partial charge < -0.3 is 4.90 Å². The molecule has 8 nitrogen and oxygen atoms in total. The minimum absolute atomic E-state index is 0.0108. The number of sulfonamides is 1. The molecule has 0 unspecified atom stereocenters. The molecule has 5 rings (SSSR count). The van der Waals surface area contributed by atoms with E-state index in [9.17, 15) is 18.5 Å². The van der Waals surface area contributed by atoms with Gasteiger partial charge in [0.05, 0.1) is 9.82 Å². The molecule has 1 saturated heterocycles. The Morgan fingerprint density at radius 2 is 1.48 bits per heavy atom. The molecule has 0 aromatic heterocycles. The number of non-ortho nitro benzene ring substituents is 1. The van der Waals surface area contributed by atoms with Gasteiger partial charge in [0.15, 0.2) is 0 Å². The lowest BCUT2D eigenvalue weighted by molar-refractivity contribution is -0.384. The fraction of sp³-hybridized carbons (Fsp3) is 0.200. The maximum absolute atomic E-state index is 12.6. The average molecular weight is 577 g/mol. The summed E-state index contributed by atoms with van der Waals surface area (Å²) in [7, 11) is -3.78. The van der Waals surface area contributed by atoms with E-state index in [4.69, 9.17) is 11.6 Å². The highest BCUT2D eigenvalue weighted by atomic mass is 35.5. The summed E-state index contributed by atoms with van der Waals surface area (Å²) in [5, 5.41) is 11.5. The Kier molecular flexibility index (Phi) is 8.46. The third-order valence-corrected chi connectivity index (χ3v) is 8.73. The van der Waals surface area contributed by atoms with Gasteiger partial charge in [0, 0.05) is 62.1 Å². The zero-order valence-electron chi connectivity index (χ0n) is 21.7. The van der Waals surface area contributed by atoms with E-state index in [1.807, 2.05) is 36.4 Å². The van der Waals surface area contributed by atoms with Gasteiger partial charge in [-0.25, -0.2) is 13.1 Å². The number of nitro benzene ring substituents is 1. The first-order chi connectivity index (χ1) is 19.3. The van der Waals surface area contributed by atoms with E-state index in [0.29, 0.717) is 0 Å². The van der Waals surface area contributed by atoms with E-state index in [2.05, 4.69) is 50.9 Å². The van der Waals surface area contributed by atoms with Crippen molar-refractivity contribution in [2.75, 3.05) is 31.1 Å². The first-order valence-corrected chi connectivity index (χ1v) is 14.8. The highest BCUT2D eigenvalue weighted by Gasteiger charge is 2.19. The van der Waals surface area contributed by atoms with Crippen LogP contribution < -0.4 is 9.62 Å². The molecule has 4 aromatic rings. The summed E-state index contributed by atoms with van der Waals surface area (Å²) < 4.78 is 27.7. The summed E-state index contributed by atoms with van der Waals surface area (Å²) in [5.74, 6) is 0. The molecule has 0 saturated carbocycles. The van der Waals surface area contributed by atoms with Crippen LogP contribution in [0.1, 0.15) is 11.1 Å². The molecule has 1 fully saturated rings. The zero-order chi connectivity index (χ0) is 28.1. The lowest BCUT2D eigenvalue weighted by Crippen LogP contribution is -2.46. The van der Waals surface area contributed by atoms with E-state index in [1.165, 1.54) is 35.4 Å². The minimum atomic E-state index is -3.78. The maximum atomic E-state index is 12.6. The average Bonchev–Trinajstić information content (AvgIpc) is 2.98. The molecule has 0 atom stereocenters. The lowest BCUT2D eigenvalue weighted by atomic mass is 9.99. The summed E-state index contributed by atoms with van der Waals surface area (Å²) in [4.78, 5) is 15.0. The number of anilines is 1. The number of nitro groups is 1. The molecular weight excluding hydrogens is 548 g/mol. The van der Waals surface area contributed by atoms with E-state index in [-0.39, 0.29) is 17.1 Å². The minimum Gasteiger partial charge on any atom is -0.369 e. The van der Waals surface area contributed by atoms with Crippen LogP contribution in [0.15, 0.2) is 102 Å². The Balaban J connectivity index is 1.15. The number of halogens is 1. The Morgan fingerprint density at radius 3 is 2.12 bits per heavy atom. The molecule has 4 aromatic carbocycles. The second-order valence-electron chi connectivity index (χ2n) is 9.67. The van der Waals surface area contributed by atoms with Gasteiger partial charge >= 0.3 is 0 Å². The van der Waals surface area contributed by atoms with Gasteiger partial charge in [0.25, 0.3) is 5.69 Å². The van der Waals surface area contributed by atoms with Crippen LogP contribution in [-0.4, -0.2) is 44.4 Å². The largest absolute Gasteiger partial charge is 0.369 e. The van der Waals surface area contributed by atoms with Crippen LogP contribution in [0.25, 0.3) is 11.1 Å². The molecule has 1 aliphatic heterocycles. The quantitative estimate of drug-likeness (QED) is 0.202. The number of hydrogen-bond acceptors (Lipinski definition) is 6. The molecule has 206 valence electrons. The number of rotatable bonds is 9. The molecule has 1 aliphatic rings. The number of nitrogens with one attached hydrogen (secondary N) is 1. The Morgan fingerprint density at radius 1 is 0.825 bits per heavy atom. The van der Waals surface area contributed by atoms with E-state index in [1.54, 1.807) is 0 Å². The Bertz CT molecular complexity index is 1570. The number of hydrogen-bond donors (Lipinski definition) is 1. The topological polar surface area (TPSA) is 95.8 Å². The summed E-state index contributed by atoms with van der Waals surface area (Å²) in [5.41, 5.74) is 5.45. The summed E-state index contributed by atoms with van der Waals surface area (Å²) in [6, 6.07) is 29.2. The molecule has 10 heteroatoms. The van der Waals surface area contributed by atoms with Crippen molar-refractivity contribution in [2.24, 2.45) is 0 Å². The van der Waals surface area contributed by atoms with Gasteiger partial charge in [0.2, 0.25) is 10.0 Å². The highest BCUT2D eigenvalue weighted by molar-refractivity contribution is 7.89. The third-order valence-electron chi connectivity index (χ3n) is 7.06. The van der Waals surface area contributed by atoms with Crippen LogP contribution >= 0.6 is 11.6 Å². The van der Waals surface area contributed by atoms with Crippen LogP contribution in [0.4, 0.5) is 11.4 Å². The summed E-state index contributed by atoms with van der Waals surface area (Å²) >= 11 is 6.08. The molecular formula is C30H29ClN4O4S. The normalized spacial score (nSPS) is 14.3. The SMILES string of the molecule is O=[N+]([O-])c1ccc(S(=O)(=O)NCc2ccc(N3CCN(Cc4ccccc4-c4ccc(Cl)cc4)CC3)cc2)cc1. The predicted molar refractivity (Wildman–Crippen MR) is 158 cm³/mol. The molecule has 40 heavy (non-hydrogen) atoms. The van der Waals surface area contributed by atoms with Crippen molar-refractivity contribution in [1.82, 2.24) is 9.62 Å². The number of nitrogens with zero attached hydrogens (tertiary/aromatic N) is 3. The smallest absolute Gasteiger partial charge is 0.269 e. The van der Waals surface area contributed by atoms with Crippen molar-refractivity contribution in [2.45, 2.75) is 18.0 Å². The molecule has 0 amide bonds. The van der Waals surface area contributed by atoms with Crippen LogP contribution in [-0.2, 0) is 23.1 Å². The van der Waals surface area contributed by atoms with Crippen LogP contribution in [0.5, 0.6) is 0 Å². The predicted octanol–water partition coefficient (Wildman–Crippen LogP) is 5.72. The molecule has 0 bridgehead atoms. The Hall–Kier alpha value is -3.76. The fourth-order valence-electron chi connectivity index (χ4n) is 4.81. The molecule has 0 radical (unpaired) electrons. The maximum Gasteiger partial charge on any atom is 0.269 e. The Labute approximate surface area is 239 Å². The van der Waals surface area contributed by atoms with Gasteiger partial charge in [-0.1, -0.05) is 60.1 Å². The van der Waals surface area contributed by atoms with E-state index in [0.717, 1.165) is 54.6 Å². The van der Waals surface area contributed by atoms with Crippen molar-refractivity contribution < 1.29 is 13.3 Å². The van der Waals surface area contributed by atoms with Crippen molar-refractivity contribution in [1.29, 1.82) is 0 Å². The second-order valence-corrected chi connectivity index (χ2v) is 11.9. The van der Waals surface area contributed by atoms with Crippen LogP contribution in [0, 0.1) is 10.1 Å². The van der Waals surface area contributed by atoms with Crippen LogP contribution in [0.3, 0.4) is 0 Å². The zero-order valence-corrected chi connectivity index (χ0v) is 23.3. The van der Waals surface area contributed by atoms with Crippen molar-refractivity contribution in [3.8, 4) is 11.1 Å². The van der Waals surface area contributed by atoms with Gasteiger partial charge in [-0.3, -0.25) is 15.0 Å². The first kappa shape index (κ1) is 27.8. The summed E-state index contributed by atoms with van der Waals surface area (Å²) in [6.07, 6.45) is 0. The van der Waals surface area contributed by atoms with Crippen molar-refractivity contribution >= 4 is 33.0 Å². The third kappa shape index (κ3) is 6.68. The standard InChI is InChI=1S/C30H29ClN4O4S/c31-26-9-7-24(8-10-26)30-4-2-1-3-25(30)22-33-17-19-34(20-18-33)27-11-5-23(6-12-27)21-32-40(38,39)29-15-13-28(14-16-29)35(36)37/h1-16,32H,17-22H2. The molecule has 0 aliphatic carbocycles. The number of piperazine rings is 1. The van der Waals surface area contributed by atoms with E-state index >= 15 is 0 Å². The fourth-order valence-corrected chi connectivity index (χ4v) is 5.95. The van der Waals surface area contributed by atoms with Gasteiger partial charge in [0.1, 0.15) is 0 Å². The second kappa shape index (κ2) is 12.2. The first-order valence-electron chi connectivity index (χ1n) is 12.9. The van der Waals surface area contributed by atoms with Gasteiger partial charge in [-0.15, -0.1) is 0 Å². The van der Waals surface area contributed by atoms with Crippen molar-refractivity contribution in [3.63, 3.8) is 0 Å². The van der Waals surface area contributed by atoms with Crippen LogP contribution in [0.2, 0.25) is 5.02 Å². The molecule has 1 heterocycles. The highest BCUT2D eigenvalue weighted by Crippen LogP contribution is 2.27. The van der Waals surface area contributed by atoms with Gasteiger partial charge in [-0.2, -0.15) is 0 Å². The molecule has 0 spiro atoms. The molecule has 1 N–H and O–H groups in total. The lowest BCUT2D eigenvalue weighted by Gasteiger charge is -2.36. The monoisotopic (exact) mass is 576 g/mol. The van der Waals surface area contributed by atoms with E-state index < -0.39 is 14.9 Å². The summed E-state index contributed by atoms with van der Waals surface area (Å²) in [6.45, 7) is 4.67.